The first-order valence-electron chi connectivity index (χ1n) is 15.8. The van der Waals surface area contributed by atoms with Crippen molar-refractivity contribution in [1.82, 2.24) is 4.90 Å². The van der Waals surface area contributed by atoms with E-state index in [1.54, 1.807) is 0 Å². The first-order chi connectivity index (χ1) is 19.3. The Labute approximate surface area is 242 Å². The molecule has 1 fully saturated rings. The molecule has 0 aromatic heterocycles. The molecule has 1 saturated heterocycles. The van der Waals surface area contributed by atoms with Gasteiger partial charge in [-0.25, -0.2) is 0 Å². The molecule has 2 unspecified atom stereocenters. The van der Waals surface area contributed by atoms with Crippen molar-refractivity contribution in [1.29, 1.82) is 0 Å². The van der Waals surface area contributed by atoms with Gasteiger partial charge in [0, 0.05) is 19.3 Å². The molecule has 0 spiro atoms. The van der Waals surface area contributed by atoms with Crippen LogP contribution >= 0.6 is 0 Å². The molecule has 1 N–H and O–H groups in total. The van der Waals surface area contributed by atoms with Crippen LogP contribution in [0, 0.1) is 0 Å². The molecule has 0 saturated carbocycles. The van der Waals surface area contributed by atoms with Crippen LogP contribution in [0.1, 0.15) is 129 Å². The van der Waals surface area contributed by atoms with E-state index < -0.39 is 42.5 Å². The normalized spacial score (nSPS) is 20.6. The Kier molecular flexibility index (Phi) is 20.8. The third kappa shape index (κ3) is 17.2. The van der Waals surface area contributed by atoms with Gasteiger partial charge < -0.3 is 29.0 Å². The lowest BCUT2D eigenvalue weighted by atomic mass is 10.1. The number of unbranched alkanes of at least 4 members (excludes halogenated alkanes) is 12. The number of carbonyl (C=O) groups excluding carboxylic acids is 3. The summed E-state index contributed by atoms with van der Waals surface area (Å²) >= 11 is 0. The van der Waals surface area contributed by atoms with Crippen molar-refractivity contribution >= 4 is 17.9 Å². The average molecular weight is 572 g/mol. The van der Waals surface area contributed by atoms with Gasteiger partial charge in [-0.3, -0.25) is 14.4 Å². The van der Waals surface area contributed by atoms with Gasteiger partial charge in [-0.2, -0.15) is 0 Å². The van der Waals surface area contributed by atoms with Crippen molar-refractivity contribution in [3.05, 3.63) is 0 Å². The lowest BCUT2D eigenvalue weighted by Crippen LogP contribution is -2.42. The van der Waals surface area contributed by atoms with Crippen LogP contribution in [0.4, 0.5) is 0 Å². The van der Waals surface area contributed by atoms with Crippen LogP contribution in [0.3, 0.4) is 0 Å². The molecule has 0 radical (unpaired) electrons. The predicted octanol–water partition coefficient (Wildman–Crippen LogP) is 5.69. The maximum atomic E-state index is 12.7. The minimum atomic E-state index is -1.47. The van der Waals surface area contributed by atoms with Crippen LogP contribution in [0.15, 0.2) is 0 Å². The number of hydrogen-bond acceptors (Lipinski definition) is 9. The Morgan fingerprint density at radius 1 is 0.650 bits per heavy atom. The van der Waals surface area contributed by atoms with Crippen LogP contribution < -0.4 is 0 Å². The molecule has 0 aromatic carbocycles. The number of ether oxygens (including phenoxy) is 4. The third-order valence-electron chi connectivity index (χ3n) is 7.18. The second-order valence-corrected chi connectivity index (χ2v) is 11.3. The summed E-state index contributed by atoms with van der Waals surface area (Å²) < 4.78 is 22.2. The van der Waals surface area contributed by atoms with Crippen molar-refractivity contribution < 1.29 is 38.4 Å². The molecule has 1 heterocycles. The first-order valence-corrected chi connectivity index (χ1v) is 15.8. The summed E-state index contributed by atoms with van der Waals surface area (Å²) in [5.41, 5.74) is 0. The zero-order valence-electron chi connectivity index (χ0n) is 25.7. The summed E-state index contributed by atoms with van der Waals surface area (Å²) in [5.74, 6) is -1.30. The summed E-state index contributed by atoms with van der Waals surface area (Å²) in [7, 11) is 3.86. The molecule has 1 aliphatic rings. The summed E-state index contributed by atoms with van der Waals surface area (Å²) in [6, 6.07) is 0. The number of esters is 3. The molecule has 234 valence electrons. The average Bonchev–Trinajstić information content (AvgIpc) is 3.19. The molecule has 0 bridgehead atoms. The minimum absolute atomic E-state index is 0.195. The maximum Gasteiger partial charge on any atom is 0.306 e. The van der Waals surface area contributed by atoms with Gasteiger partial charge in [-0.05, 0) is 39.9 Å². The molecule has 9 heteroatoms. The van der Waals surface area contributed by atoms with Crippen molar-refractivity contribution in [2.45, 2.75) is 154 Å². The van der Waals surface area contributed by atoms with E-state index in [1.807, 2.05) is 19.0 Å². The number of hydrogen-bond donors (Lipinski definition) is 1. The Hall–Kier alpha value is -1.71. The molecular formula is C31H57NO8. The van der Waals surface area contributed by atoms with Gasteiger partial charge in [0.15, 0.2) is 18.5 Å². The van der Waals surface area contributed by atoms with E-state index in [0.717, 1.165) is 45.1 Å². The van der Waals surface area contributed by atoms with E-state index in [-0.39, 0.29) is 25.9 Å². The Balaban J connectivity index is 2.61. The lowest BCUT2D eigenvalue weighted by Gasteiger charge is -2.23. The summed E-state index contributed by atoms with van der Waals surface area (Å²) in [6.45, 7) is 4.92. The van der Waals surface area contributed by atoms with Crippen molar-refractivity contribution in [3.63, 3.8) is 0 Å². The smallest absolute Gasteiger partial charge is 0.306 e. The standard InChI is InChI=1S/C31H57NO8/c1-5-7-9-11-13-15-17-20-27(34)39-29-25(24-37-26(33)22-19-23-32(3)4)38-31(36)30(29)40-28(35)21-18-16-14-12-10-8-6-2/h25,29-31,36H,5-24H2,1-4H3/t25-,29?,30?,31-/m1/s1. The highest BCUT2D eigenvalue weighted by atomic mass is 16.7. The molecule has 1 aliphatic heterocycles. The van der Waals surface area contributed by atoms with Gasteiger partial charge in [0.25, 0.3) is 0 Å². The fourth-order valence-electron chi connectivity index (χ4n) is 4.77. The number of nitrogens with zero attached hydrogens (tertiary/aromatic N) is 1. The van der Waals surface area contributed by atoms with E-state index in [9.17, 15) is 19.5 Å². The molecule has 40 heavy (non-hydrogen) atoms. The molecule has 1 rings (SSSR count). The summed E-state index contributed by atoms with van der Waals surface area (Å²) in [4.78, 5) is 39.4. The first kappa shape index (κ1) is 36.3. The van der Waals surface area contributed by atoms with Crippen molar-refractivity contribution in [2.24, 2.45) is 0 Å². The molecular weight excluding hydrogens is 514 g/mol. The maximum absolute atomic E-state index is 12.7. The van der Waals surface area contributed by atoms with E-state index in [2.05, 4.69) is 13.8 Å². The van der Waals surface area contributed by atoms with Gasteiger partial charge in [-0.15, -0.1) is 0 Å². The third-order valence-corrected chi connectivity index (χ3v) is 7.18. The van der Waals surface area contributed by atoms with Gasteiger partial charge in [0.2, 0.25) is 0 Å². The van der Waals surface area contributed by atoms with E-state index in [0.29, 0.717) is 19.3 Å². The molecule has 4 atom stereocenters. The highest BCUT2D eigenvalue weighted by Gasteiger charge is 2.49. The fourth-order valence-corrected chi connectivity index (χ4v) is 4.77. The second kappa shape index (κ2) is 22.9. The SMILES string of the molecule is CCCCCCCCCC(=O)OC1C(OC(=O)CCCCCCCCC)[C@@H](COC(=O)CCCN(C)C)O[C@H]1O. The molecule has 9 nitrogen and oxygen atoms in total. The Bertz CT molecular complexity index is 686. The van der Waals surface area contributed by atoms with Gasteiger partial charge >= 0.3 is 17.9 Å². The number of rotatable bonds is 24. The molecule has 0 aromatic rings. The van der Waals surface area contributed by atoms with Crippen molar-refractivity contribution in [3.8, 4) is 0 Å². The predicted molar refractivity (Wildman–Crippen MR) is 155 cm³/mol. The largest absolute Gasteiger partial charge is 0.463 e. The molecule has 0 aliphatic carbocycles. The van der Waals surface area contributed by atoms with Gasteiger partial charge in [0.1, 0.15) is 12.7 Å². The van der Waals surface area contributed by atoms with Crippen LogP contribution in [0.25, 0.3) is 0 Å². The van der Waals surface area contributed by atoms with E-state index in [1.165, 1.54) is 38.5 Å². The zero-order valence-corrected chi connectivity index (χ0v) is 25.7. The van der Waals surface area contributed by atoms with Crippen LogP contribution in [-0.4, -0.2) is 79.8 Å². The Morgan fingerprint density at radius 2 is 1.10 bits per heavy atom. The second-order valence-electron chi connectivity index (χ2n) is 11.3. The van der Waals surface area contributed by atoms with E-state index >= 15 is 0 Å². The highest BCUT2D eigenvalue weighted by Crippen LogP contribution is 2.27. The fraction of sp³-hybridized carbons (Fsp3) is 0.903. The van der Waals surface area contributed by atoms with E-state index in [4.69, 9.17) is 18.9 Å². The van der Waals surface area contributed by atoms with Crippen molar-refractivity contribution in [2.75, 3.05) is 27.2 Å². The summed E-state index contributed by atoms with van der Waals surface area (Å²) in [6.07, 6.45) is 11.8. The minimum Gasteiger partial charge on any atom is -0.463 e. The topological polar surface area (TPSA) is 112 Å². The van der Waals surface area contributed by atoms with Crippen LogP contribution in [0.2, 0.25) is 0 Å². The number of carbonyl (C=O) groups is 3. The summed E-state index contributed by atoms with van der Waals surface area (Å²) in [5, 5.41) is 10.5. The van der Waals surface area contributed by atoms with Gasteiger partial charge in [0.05, 0.1) is 0 Å². The monoisotopic (exact) mass is 571 g/mol. The van der Waals surface area contributed by atoms with Gasteiger partial charge in [-0.1, -0.05) is 90.9 Å². The Morgan fingerprint density at radius 3 is 1.60 bits per heavy atom. The quantitative estimate of drug-likeness (QED) is 0.0886. The van der Waals surface area contributed by atoms with Crippen LogP contribution in [0.5, 0.6) is 0 Å². The number of aliphatic hydroxyl groups excluding tert-OH is 1. The van der Waals surface area contributed by atoms with Crippen LogP contribution in [-0.2, 0) is 33.3 Å². The highest BCUT2D eigenvalue weighted by molar-refractivity contribution is 5.71. The number of aliphatic hydroxyl groups is 1. The lowest BCUT2D eigenvalue weighted by molar-refractivity contribution is -0.177. The molecule has 0 amide bonds. The zero-order chi connectivity index (χ0) is 29.6.